The molecule has 1 saturated heterocycles. The highest BCUT2D eigenvalue weighted by Gasteiger charge is 2.21. The van der Waals surface area contributed by atoms with E-state index in [1.54, 1.807) is 25.2 Å². The van der Waals surface area contributed by atoms with Crippen LogP contribution in [0.5, 0.6) is 0 Å². The fraction of sp³-hybridized carbons (Fsp3) is 0.529. The van der Waals surface area contributed by atoms with Crippen molar-refractivity contribution in [1.82, 2.24) is 9.80 Å². The maximum Gasteiger partial charge on any atom is 0.244 e. The number of nitrogens with one attached hydrogen (secondary N) is 1. The van der Waals surface area contributed by atoms with Gasteiger partial charge in [-0.2, -0.15) is 0 Å². The molecule has 2 amide bonds. The van der Waals surface area contributed by atoms with Crippen molar-refractivity contribution in [2.75, 3.05) is 38.5 Å². The van der Waals surface area contributed by atoms with Crippen LogP contribution in [0.4, 0.5) is 5.69 Å². The molecule has 24 heavy (non-hydrogen) atoms. The number of benzene rings is 1. The Morgan fingerprint density at radius 2 is 2.00 bits per heavy atom. The Bertz CT molecular complexity index is 589. The molecule has 1 N–H and O–H groups in total. The van der Waals surface area contributed by atoms with E-state index in [0.29, 0.717) is 28.2 Å². The highest BCUT2D eigenvalue weighted by molar-refractivity contribution is 6.39. The first kappa shape index (κ1) is 19.0. The van der Waals surface area contributed by atoms with Gasteiger partial charge in [-0.15, -0.1) is 0 Å². The second-order valence-electron chi connectivity index (χ2n) is 6.38. The molecule has 1 aliphatic heterocycles. The number of likely N-dealkylation sites (tertiary alicyclic amines) is 1. The average Bonchev–Trinajstić information content (AvgIpc) is 2.51. The van der Waals surface area contributed by atoms with Crippen molar-refractivity contribution >= 4 is 40.7 Å². The maximum atomic E-state index is 12.3. The van der Waals surface area contributed by atoms with Crippen LogP contribution in [0.3, 0.4) is 0 Å². The lowest BCUT2D eigenvalue weighted by Gasteiger charge is -2.31. The number of amides is 2. The zero-order valence-corrected chi connectivity index (χ0v) is 15.5. The lowest BCUT2D eigenvalue weighted by atomic mass is 10.0. The summed E-state index contributed by atoms with van der Waals surface area (Å²) in [7, 11) is 1.63. The van der Waals surface area contributed by atoms with E-state index in [9.17, 15) is 9.59 Å². The normalized spacial score (nSPS) is 18.2. The number of halogens is 2. The van der Waals surface area contributed by atoms with Gasteiger partial charge in [0.25, 0.3) is 0 Å². The Labute approximate surface area is 152 Å². The van der Waals surface area contributed by atoms with Crippen LogP contribution >= 0.6 is 23.2 Å². The van der Waals surface area contributed by atoms with E-state index in [2.05, 4.69) is 17.1 Å². The number of piperidine rings is 1. The van der Waals surface area contributed by atoms with Gasteiger partial charge in [0.15, 0.2) is 0 Å². The van der Waals surface area contributed by atoms with Gasteiger partial charge in [-0.3, -0.25) is 14.5 Å². The number of nitrogens with zero attached hydrogens (tertiary/aromatic N) is 2. The molecule has 1 aromatic rings. The molecular weight excluding hydrogens is 349 g/mol. The number of hydrogen-bond donors (Lipinski definition) is 1. The average molecular weight is 372 g/mol. The molecule has 1 fully saturated rings. The third-order valence-corrected chi connectivity index (χ3v) is 4.76. The molecule has 1 unspecified atom stereocenters. The molecule has 2 rings (SSSR count). The van der Waals surface area contributed by atoms with Gasteiger partial charge >= 0.3 is 0 Å². The fourth-order valence-electron chi connectivity index (χ4n) is 2.84. The second-order valence-corrected chi connectivity index (χ2v) is 7.19. The van der Waals surface area contributed by atoms with Gasteiger partial charge in [-0.25, -0.2) is 0 Å². The monoisotopic (exact) mass is 371 g/mol. The lowest BCUT2D eigenvalue weighted by Crippen LogP contribution is -2.44. The van der Waals surface area contributed by atoms with Gasteiger partial charge < -0.3 is 10.2 Å². The Morgan fingerprint density at radius 3 is 2.62 bits per heavy atom. The molecular formula is C17H23Cl2N3O2. The van der Waals surface area contributed by atoms with Crippen molar-refractivity contribution < 1.29 is 9.59 Å². The Kier molecular flexibility index (Phi) is 6.90. The van der Waals surface area contributed by atoms with E-state index in [4.69, 9.17) is 23.2 Å². The van der Waals surface area contributed by atoms with Gasteiger partial charge in [0.2, 0.25) is 11.8 Å². The first-order valence-electron chi connectivity index (χ1n) is 8.07. The Hall–Kier alpha value is -1.30. The zero-order valence-electron chi connectivity index (χ0n) is 14.0. The predicted octanol–water partition coefficient (Wildman–Crippen LogP) is 3.12. The molecule has 1 atom stereocenters. The fourth-order valence-corrected chi connectivity index (χ4v) is 3.33. The predicted molar refractivity (Wildman–Crippen MR) is 97.6 cm³/mol. The molecule has 0 bridgehead atoms. The van der Waals surface area contributed by atoms with E-state index in [1.807, 2.05) is 0 Å². The summed E-state index contributed by atoms with van der Waals surface area (Å²) < 4.78 is 0. The minimum absolute atomic E-state index is 0.0379. The molecule has 1 aromatic carbocycles. The summed E-state index contributed by atoms with van der Waals surface area (Å²) in [5.41, 5.74) is 0.372. The third kappa shape index (κ3) is 5.36. The van der Waals surface area contributed by atoms with Crippen LogP contribution in [0.1, 0.15) is 19.8 Å². The number of para-hydroxylation sites is 1. The van der Waals surface area contributed by atoms with E-state index in [0.717, 1.165) is 19.5 Å². The first-order chi connectivity index (χ1) is 11.4. The minimum Gasteiger partial charge on any atom is -0.335 e. The van der Waals surface area contributed by atoms with E-state index in [-0.39, 0.29) is 18.4 Å². The number of rotatable bonds is 5. The number of carbonyl (C=O) groups is 2. The van der Waals surface area contributed by atoms with Crippen molar-refractivity contribution in [2.45, 2.75) is 19.8 Å². The molecule has 7 heteroatoms. The van der Waals surface area contributed by atoms with Crippen LogP contribution in [0, 0.1) is 5.92 Å². The topological polar surface area (TPSA) is 52.7 Å². The third-order valence-electron chi connectivity index (χ3n) is 4.13. The smallest absolute Gasteiger partial charge is 0.244 e. The summed E-state index contributed by atoms with van der Waals surface area (Å²) in [4.78, 5) is 28.0. The van der Waals surface area contributed by atoms with Crippen molar-refractivity contribution in [2.24, 2.45) is 5.92 Å². The first-order valence-corrected chi connectivity index (χ1v) is 8.82. The molecule has 0 spiro atoms. The second kappa shape index (κ2) is 8.70. The Balaban J connectivity index is 1.85. The van der Waals surface area contributed by atoms with Crippen LogP contribution in [-0.2, 0) is 9.59 Å². The SMILES string of the molecule is CC1CCCN(CC(=O)N(C)CC(=O)Nc2c(Cl)cccc2Cl)C1. The summed E-state index contributed by atoms with van der Waals surface area (Å²) in [6, 6.07) is 5.00. The van der Waals surface area contributed by atoms with E-state index in [1.165, 1.54) is 11.3 Å². The van der Waals surface area contributed by atoms with E-state index >= 15 is 0 Å². The minimum atomic E-state index is -0.326. The molecule has 5 nitrogen and oxygen atoms in total. The van der Waals surface area contributed by atoms with Crippen molar-refractivity contribution in [3.8, 4) is 0 Å². The number of hydrogen-bond acceptors (Lipinski definition) is 3. The van der Waals surface area contributed by atoms with Crippen LogP contribution in [-0.4, -0.2) is 54.8 Å². The van der Waals surface area contributed by atoms with Crippen molar-refractivity contribution in [3.63, 3.8) is 0 Å². The molecule has 0 radical (unpaired) electrons. The van der Waals surface area contributed by atoms with Crippen molar-refractivity contribution in [1.29, 1.82) is 0 Å². The number of likely N-dealkylation sites (N-methyl/N-ethyl adjacent to an activating group) is 1. The summed E-state index contributed by atoms with van der Waals surface area (Å²) in [5, 5.41) is 3.40. The van der Waals surface area contributed by atoms with Gasteiger partial charge in [0.1, 0.15) is 0 Å². The van der Waals surface area contributed by atoms with E-state index < -0.39 is 0 Å². The van der Waals surface area contributed by atoms with Crippen molar-refractivity contribution in [3.05, 3.63) is 28.2 Å². The lowest BCUT2D eigenvalue weighted by molar-refractivity contribution is -0.134. The summed E-state index contributed by atoms with van der Waals surface area (Å²) in [6.07, 6.45) is 2.32. The maximum absolute atomic E-state index is 12.3. The number of anilines is 1. The summed E-state index contributed by atoms with van der Waals surface area (Å²) >= 11 is 12.1. The van der Waals surface area contributed by atoms with Gasteiger partial charge in [-0.05, 0) is 37.4 Å². The highest BCUT2D eigenvalue weighted by atomic mass is 35.5. The number of carbonyl (C=O) groups excluding carboxylic acids is 2. The van der Waals surface area contributed by atoms with Gasteiger partial charge in [0.05, 0.1) is 28.8 Å². The summed E-state index contributed by atoms with van der Waals surface area (Å²) in [6.45, 7) is 4.37. The van der Waals surface area contributed by atoms with Crippen LogP contribution in [0.25, 0.3) is 0 Å². The van der Waals surface area contributed by atoms with Gasteiger partial charge in [-0.1, -0.05) is 36.2 Å². The van der Waals surface area contributed by atoms with Crippen LogP contribution in [0.2, 0.25) is 10.0 Å². The Morgan fingerprint density at radius 1 is 1.33 bits per heavy atom. The summed E-state index contributed by atoms with van der Waals surface area (Å²) in [5.74, 6) is 0.222. The standard InChI is InChI=1S/C17H23Cl2N3O2/c1-12-5-4-8-22(9-12)11-16(24)21(2)10-15(23)20-17-13(18)6-3-7-14(17)19/h3,6-7,12H,4-5,8-11H2,1-2H3,(H,20,23). The molecule has 1 aliphatic rings. The molecule has 0 saturated carbocycles. The molecule has 132 valence electrons. The molecule has 1 heterocycles. The van der Waals surface area contributed by atoms with Crippen LogP contribution < -0.4 is 5.32 Å². The zero-order chi connectivity index (χ0) is 17.7. The molecule has 0 aliphatic carbocycles. The highest BCUT2D eigenvalue weighted by Crippen LogP contribution is 2.29. The van der Waals surface area contributed by atoms with Gasteiger partial charge in [0, 0.05) is 13.6 Å². The quantitative estimate of drug-likeness (QED) is 0.864. The largest absolute Gasteiger partial charge is 0.335 e. The van der Waals surface area contributed by atoms with Crippen LogP contribution in [0.15, 0.2) is 18.2 Å². The molecule has 0 aromatic heterocycles.